The van der Waals surface area contributed by atoms with E-state index >= 15 is 0 Å². The summed E-state index contributed by atoms with van der Waals surface area (Å²) in [5.74, 6) is -3.61. The van der Waals surface area contributed by atoms with E-state index in [2.05, 4.69) is 21.3 Å². The number of carbonyl (C=O) groups is 3. The van der Waals surface area contributed by atoms with Gasteiger partial charge in [-0.25, -0.2) is 38.5 Å². The number of carbonyl (C=O) groups excluding carboxylic acids is 3. The van der Waals surface area contributed by atoms with E-state index in [0.29, 0.717) is 24.3 Å². The third kappa shape index (κ3) is 13.7. The summed E-state index contributed by atoms with van der Waals surface area (Å²) in [4.78, 5) is 35.5. The second-order valence-corrected chi connectivity index (χ2v) is 17.9. The van der Waals surface area contributed by atoms with E-state index in [1.54, 1.807) is 0 Å². The summed E-state index contributed by atoms with van der Waals surface area (Å²) in [5, 5.41) is 28.8. The summed E-state index contributed by atoms with van der Waals surface area (Å²) < 4.78 is 141. The molecule has 6 aromatic rings. The molecule has 0 atom stereocenters. The Morgan fingerprint density at radius 1 is 0.438 bits per heavy atom. The predicted molar refractivity (Wildman–Crippen MR) is 205 cm³/mol. The Bertz CT molecular complexity index is 3110. The van der Waals surface area contributed by atoms with E-state index in [4.69, 9.17) is 0 Å². The van der Waals surface area contributed by atoms with Crippen LogP contribution < -0.4 is 139 Å². The molecule has 0 bridgehead atoms. The molecule has 29 heteroatoms. The van der Waals surface area contributed by atoms with Crippen LogP contribution >= 0.6 is 0 Å². The molecule has 6 N–H and O–H groups in total. The summed E-state index contributed by atoms with van der Waals surface area (Å²) in [6.07, 6.45) is 0. The molecule has 0 fully saturated rings. The van der Waals surface area contributed by atoms with Crippen molar-refractivity contribution in [1.29, 1.82) is 0 Å². The molecule has 0 heterocycles. The first-order valence-electron chi connectivity index (χ1n) is 16.1. The van der Waals surface area contributed by atoms with E-state index in [9.17, 15) is 76.5 Å². The first kappa shape index (κ1) is 57.4. The summed E-state index contributed by atoms with van der Waals surface area (Å²) in [7, 11) is -20.9. The van der Waals surface area contributed by atoms with Gasteiger partial charge in [0.15, 0.2) is 0 Å². The maximum absolute atomic E-state index is 13.2. The standard InChI is InChI=1S/C35H26N4O17S4.4Na/c40-29-13-23(57(45,46)47)9-19-11-31(59(51,52)53)27(15-25(19)29)38-33(42)17-3-1-5-21(7-17)36-35(44)37-22-6-2-4-18(8-22)34(43)39-28-16-26-20(12-32(28)60(54,55)56)10-24(14-30(26)41)58(48,49)50;;;;/h1-16,40-41H,(H,38,42)(H,39,43)(H2,36,37,44)(H,45,46,47)(H,48,49,50)(H,51,52,53)(H,54,55,56);;;;/q;4*+1/p-4. The van der Waals surface area contributed by atoms with Gasteiger partial charge in [0.25, 0.3) is 11.8 Å². The Morgan fingerprint density at radius 3 is 1.09 bits per heavy atom. The molecule has 4 amide bonds. The summed E-state index contributed by atoms with van der Waals surface area (Å²) in [6, 6.07) is 14.9. The molecule has 6 rings (SSSR count). The molecule has 0 unspecified atom stereocenters. The van der Waals surface area contributed by atoms with Gasteiger partial charge in [-0.3, -0.25) is 9.59 Å². The maximum Gasteiger partial charge on any atom is 1.00 e. The number of rotatable bonds is 10. The van der Waals surface area contributed by atoms with Crippen LogP contribution in [0.2, 0.25) is 0 Å². The quantitative estimate of drug-likeness (QED) is 0.0548. The van der Waals surface area contributed by atoms with E-state index < -0.39 is 101 Å². The van der Waals surface area contributed by atoms with Crippen LogP contribution in [0.5, 0.6) is 11.5 Å². The van der Waals surface area contributed by atoms with Crippen LogP contribution in [0, 0.1) is 0 Å². The van der Waals surface area contributed by atoms with E-state index in [-0.39, 0.29) is 162 Å². The van der Waals surface area contributed by atoms with Crippen LogP contribution in [0.4, 0.5) is 27.5 Å². The van der Waals surface area contributed by atoms with Gasteiger partial charge in [0.1, 0.15) is 52.0 Å². The first-order valence-corrected chi connectivity index (χ1v) is 21.8. The van der Waals surface area contributed by atoms with Crippen LogP contribution in [0.15, 0.2) is 117 Å². The topological polar surface area (TPSA) is 369 Å². The molecule has 64 heavy (non-hydrogen) atoms. The Kier molecular flexibility index (Phi) is 19.7. The molecule has 312 valence electrons. The van der Waals surface area contributed by atoms with Gasteiger partial charge in [0.05, 0.1) is 31.0 Å². The fraction of sp³-hybridized carbons (Fsp3) is 0. The third-order valence-corrected chi connectivity index (χ3v) is 11.8. The van der Waals surface area contributed by atoms with Crippen molar-refractivity contribution in [2.75, 3.05) is 21.3 Å². The minimum atomic E-state index is -5.35. The number of nitrogens with one attached hydrogen (secondary N) is 4. The van der Waals surface area contributed by atoms with Crippen molar-refractivity contribution in [1.82, 2.24) is 0 Å². The SMILES string of the molecule is O=C(Nc1cccc(C(=O)Nc2cc3c(O)cc(S(=O)(=O)[O-])cc3cc2S(=O)(=O)[O-])c1)Nc1cccc(C(=O)Nc2cc3c(O)cc(S(=O)(=O)[O-])cc3cc2S(=O)(=O)[O-])c1.[Na+].[Na+].[Na+].[Na+]. The van der Waals surface area contributed by atoms with Crippen molar-refractivity contribution in [3.8, 4) is 11.5 Å². The zero-order valence-corrected chi connectivity index (χ0v) is 44.7. The van der Waals surface area contributed by atoms with Gasteiger partial charge in [-0.2, -0.15) is 0 Å². The average molecular weight is 991 g/mol. The van der Waals surface area contributed by atoms with Crippen LogP contribution in [-0.4, -0.2) is 79.9 Å². The minimum Gasteiger partial charge on any atom is -0.744 e. The van der Waals surface area contributed by atoms with Crippen LogP contribution in [0.1, 0.15) is 20.7 Å². The van der Waals surface area contributed by atoms with Gasteiger partial charge in [0, 0.05) is 33.3 Å². The van der Waals surface area contributed by atoms with Crippen molar-refractivity contribution >= 4 is 103 Å². The Labute approximate surface area is 452 Å². The van der Waals surface area contributed by atoms with Crippen molar-refractivity contribution in [2.24, 2.45) is 0 Å². The van der Waals surface area contributed by atoms with Crippen molar-refractivity contribution in [3.05, 3.63) is 108 Å². The zero-order valence-electron chi connectivity index (χ0n) is 33.4. The van der Waals surface area contributed by atoms with Gasteiger partial charge in [-0.05, 0) is 95.7 Å². The normalized spacial score (nSPS) is 11.4. The maximum atomic E-state index is 13.2. The summed E-state index contributed by atoms with van der Waals surface area (Å²) in [6.45, 7) is 0. The van der Waals surface area contributed by atoms with Gasteiger partial charge in [0.2, 0.25) is 0 Å². The summed E-state index contributed by atoms with van der Waals surface area (Å²) in [5.41, 5.74) is -1.66. The van der Waals surface area contributed by atoms with Crippen LogP contribution in [0.3, 0.4) is 0 Å². The molecule has 0 radical (unpaired) electrons. The first-order chi connectivity index (χ1) is 27.8. The number of phenols is 2. The molecule has 0 aliphatic rings. The van der Waals surface area contributed by atoms with Gasteiger partial charge in [-0.1, -0.05) is 12.1 Å². The van der Waals surface area contributed by atoms with E-state index in [0.717, 1.165) is 36.4 Å². The molecule has 0 aliphatic heterocycles. The summed E-state index contributed by atoms with van der Waals surface area (Å²) >= 11 is 0. The number of fused-ring (bicyclic) bond motifs is 2. The van der Waals surface area contributed by atoms with E-state index in [1.807, 2.05) is 0 Å². The third-order valence-electron chi connectivity index (χ3n) is 8.39. The largest absolute Gasteiger partial charge is 1.00 e. The number of phenolic OH excluding ortho intramolecular Hbond substituents is 2. The molecule has 6 aromatic carbocycles. The van der Waals surface area contributed by atoms with Crippen molar-refractivity contribution in [3.63, 3.8) is 0 Å². The number of urea groups is 1. The van der Waals surface area contributed by atoms with Crippen molar-refractivity contribution < 1.29 is 195 Å². The van der Waals surface area contributed by atoms with Gasteiger partial charge in [-0.15, -0.1) is 0 Å². The number of aromatic hydroxyl groups is 2. The number of amides is 4. The molecule has 0 saturated carbocycles. The Balaban J connectivity index is 0.00000352. The molecule has 0 aromatic heterocycles. The molecule has 0 aliphatic carbocycles. The Hall–Kier alpha value is -2.71. The smallest absolute Gasteiger partial charge is 0.744 e. The van der Waals surface area contributed by atoms with E-state index in [1.165, 1.54) is 36.4 Å². The fourth-order valence-corrected chi connectivity index (χ4v) is 8.10. The number of hydrogen-bond acceptors (Lipinski definition) is 17. The molecule has 0 saturated heterocycles. The van der Waals surface area contributed by atoms with Gasteiger partial charge >= 0.3 is 124 Å². The Morgan fingerprint density at radius 2 is 0.781 bits per heavy atom. The fourth-order valence-electron chi connectivity index (χ4n) is 5.74. The van der Waals surface area contributed by atoms with Crippen molar-refractivity contribution in [2.45, 2.75) is 19.6 Å². The minimum absolute atomic E-state index is 0. The van der Waals surface area contributed by atoms with Crippen LogP contribution in [-0.2, 0) is 40.5 Å². The predicted octanol–water partition coefficient (Wildman–Crippen LogP) is -8.81. The zero-order chi connectivity index (χ0) is 44.1. The van der Waals surface area contributed by atoms with Gasteiger partial charge < -0.3 is 49.7 Å². The monoisotopic (exact) mass is 990 g/mol. The van der Waals surface area contributed by atoms with Crippen LogP contribution in [0.25, 0.3) is 21.5 Å². The average Bonchev–Trinajstić information content (AvgIpc) is 3.13. The molecule has 0 spiro atoms. The molecular formula is C35H22N4Na4O17S4. The molecule has 21 nitrogen and oxygen atoms in total. The number of anilines is 4. The second-order valence-electron chi connectivity index (χ2n) is 12.5. The molecular weight excluding hydrogens is 969 g/mol. The number of benzene rings is 6. The number of hydrogen-bond donors (Lipinski definition) is 6. The second kappa shape index (κ2) is 21.9.